The SMILES string of the molecule is Nc1nc(/C(=N/OC(c2ccccc2)(c2ccccc2)c2ccccc2)C(=O)N[C@@H]2C(=O)N3C(C(=O)O)=C(Cl)CS[C@H]23)c(Cl)s1. The number of aliphatic carboxylic acids is 1. The Bertz CT molecular complexity index is 1740. The number of carbonyl (C=O) groups is 3. The number of nitrogen functional groups attached to an aromatic ring is 1. The number of nitrogens with one attached hydrogen (secondary N) is 1. The van der Waals surface area contributed by atoms with E-state index in [0.29, 0.717) is 0 Å². The quantitative estimate of drug-likeness (QED) is 0.0967. The highest BCUT2D eigenvalue weighted by atomic mass is 35.5. The molecule has 2 amide bonds. The Morgan fingerprint density at radius 3 is 1.98 bits per heavy atom. The fourth-order valence-electron chi connectivity index (χ4n) is 5.24. The maximum absolute atomic E-state index is 13.9. The number of β-lactam (4-membered cyclic amide) rings is 1. The zero-order chi connectivity index (χ0) is 31.7. The van der Waals surface area contributed by atoms with Crippen LogP contribution in [0.4, 0.5) is 5.13 Å². The van der Waals surface area contributed by atoms with Crippen LogP contribution < -0.4 is 11.1 Å². The van der Waals surface area contributed by atoms with Crippen LogP contribution in [0.5, 0.6) is 0 Å². The minimum Gasteiger partial charge on any atom is -0.477 e. The van der Waals surface area contributed by atoms with E-state index in [-0.39, 0.29) is 37.4 Å². The zero-order valence-electron chi connectivity index (χ0n) is 23.1. The molecule has 14 heteroatoms. The van der Waals surface area contributed by atoms with Crippen molar-refractivity contribution in [2.45, 2.75) is 17.0 Å². The molecule has 0 radical (unpaired) electrons. The van der Waals surface area contributed by atoms with E-state index in [4.69, 9.17) is 33.8 Å². The van der Waals surface area contributed by atoms with Gasteiger partial charge in [-0.25, -0.2) is 9.78 Å². The number of aromatic nitrogens is 1. The molecule has 2 aliphatic rings. The van der Waals surface area contributed by atoms with Gasteiger partial charge in [-0.2, -0.15) is 0 Å². The molecule has 3 aromatic carbocycles. The first-order valence-electron chi connectivity index (χ1n) is 13.4. The van der Waals surface area contributed by atoms with Crippen LogP contribution in [0.25, 0.3) is 0 Å². The minimum absolute atomic E-state index is 0.0335. The van der Waals surface area contributed by atoms with Crippen LogP contribution in [0, 0.1) is 0 Å². The van der Waals surface area contributed by atoms with Gasteiger partial charge in [0.05, 0.1) is 5.03 Å². The zero-order valence-corrected chi connectivity index (χ0v) is 26.2. The van der Waals surface area contributed by atoms with Gasteiger partial charge in [0.1, 0.15) is 27.1 Å². The maximum atomic E-state index is 13.9. The predicted molar refractivity (Wildman–Crippen MR) is 174 cm³/mol. The molecule has 4 aromatic rings. The van der Waals surface area contributed by atoms with Gasteiger partial charge in [-0.15, -0.1) is 11.8 Å². The maximum Gasteiger partial charge on any atom is 0.353 e. The van der Waals surface area contributed by atoms with Gasteiger partial charge in [-0.05, 0) is 0 Å². The van der Waals surface area contributed by atoms with Crippen LogP contribution in [0.15, 0.2) is 107 Å². The van der Waals surface area contributed by atoms with Crippen LogP contribution in [-0.2, 0) is 24.8 Å². The normalized spacial score (nSPS) is 18.2. The average molecular weight is 681 g/mol. The first-order valence-corrected chi connectivity index (χ1v) is 16.1. The Labute approximate surface area is 275 Å². The molecule has 4 N–H and O–H groups in total. The first-order chi connectivity index (χ1) is 21.7. The number of thioether (sulfide) groups is 1. The number of rotatable bonds is 9. The number of nitrogens with two attached hydrogens (primary N) is 1. The highest BCUT2D eigenvalue weighted by molar-refractivity contribution is 8.00. The van der Waals surface area contributed by atoms with Crippen molar-refractivity contribution in [1.29, 1.82) is 0 Å². The lowest BCUT2D eigenvalue weighted by Gasteiger charge is -2.48. The fourth-order valence-corrected chi connectivity index (χ4v) is 7.72. The Balaban J connectivity index is 1.43. The summed E-state index contributed by atoms with van der Waals surface area (Å²) in [6.07, 6.45) is 0. The molecule has 1 fully saturated rings. The highest BCUT2D eigenvalue weighted by Crippen LogP contribution is 2.43. The van der Waals surface area contributed by atoms with E-state index in [2.05, 4.69) is 15.5 Å². The molecule has 0 bridgehead atoms. The van der Waals surface area contributed by atoms with Crippen LogP contribution in [0.3, 0.4) is 0 Å². The number of hydrogen-bond donors (Lipinski definition) is 3. The van der Waals surface area contributed by atoms with Gasteiger partial charge < -0.3 is 21.0 Å². The van der Waals surface area contributed by atoms with Gasteiger partial charge in [0.25, 0.3) is 11.8 Å². The summed E-state index contributed by atoms with van der Waals surface area (Å²) in [5, 5.41) is 16.2. The number of carboxylic acid groups (broad SMARTS) is 1. The third-order valence-electron chi connectivity index (χ3n) is 7.27. The molecule has 2 aliphatic heterocycles. The van der Waals surface area contributed by atoms with Crippen molar-refractivity contribution in [3.63, 3.8) is 0 Å². The van der Waals surface area contributed by atoms with Gasteiger partial charge in [0, 0.05) is 22.4 Å². The van der Waals surface area contributed by atoms with E-state index in [0.717, 1.165) is 32.9 Å². The fraction of sp³-hybridized carbons (Fsp3) is 0.129. The average Bonchev–Trinajstić information content (AvgIpc) is 3.39. The molecule has 0 aliphatic carbocycles. The number of anilines is 1. The van der Waals surface area contributed by atoms with E-state index in [1.165, 1.54) is 11.8 Å². The number of benzene rings is 3. The Kier molecular flexibility index (Phi) is 8.56. The first kappa shape index (κ1) is 30.7. The number of hydrogen-bond acceptors (Lipinski definition) is 9. The summed E-state index contributed by atoms with van der Waals surface area (Å²) in [7, 11) is 0. The monoisotopic (exact) mass is 679 g/mol. The van der Waals surface area contributed by atoms with Crippen molar-refractivity contribution in [1.82, 2.24) is 15.2 Å². The van der Waals surface area contributed by atoms with Crippen molar-refractivity contribution in [2.24, 2.45) is 5.16 Å². The summed E-state index contributed by atoms with van der Waals surface area (Å²) in [6, 6.07) is 27.2. The summed E-state index contributed by atoms with van der Waals surface area (Å²) < 4.78 is 0.0891. The van der Waals surface area contributed by atoms with Crippen LogP contribution in [-0.4, -0.2) is 55.7 Å². The molecule has 2 atom stereocenters. The molecule has 0 unspecified atom stereocenters. The molecule has 1 saturated heterocycles. The van der Waals surface area contributed by atoms with E-state index in [1.807, 2.05) is 91.0 Å². The minimum atomic E-state index is -1.33. The number of oxime groups is 1. The summed E-state index contributed by atoms with van der Waals surface area (Å²) in [4.78, 5) is 50.6. The lowest BCUT2D eigenvalue weighted by Crippen LogP contribution is -2.71. The predicted octanol–water partition coefficient (Wildman–Crippen LogP) is 5.03. The summed E-state index contributed by atoms with van der Waals surface area (Å²) in [5.41, 5.74) is 6.12. The molecule has 0 saturated carbocycles. The van der Waals surface area contributed by atoms with Gasteiger partial charge >= 0.3 is 5.97 Å². The van der Waals surface area contributed by atoms with Gasteiger partial charge in [-0.1, -0.05) is 131 Å². The number of carboxylic acids is 1. The standard InChI is InChI=1S/C31H23Cl2N5O5S2/c32-20-16-44-28-23(27(40)38(28)24(20)29(41)42)35-26(39)22(21-25(33)45-30(34)36-21)37-43-31(17-10-4-1-5-11-17,18-12-6-2-7-13-18)19-14-8-3-9-15-19/h1-15,23,28H,16H2,(H2,34,36)(H,35,39)(H,41,42)/b37-22-/t23-,28-/m1/s1. The van der Waals surface area contributed by atoms with Crippen LogP contribution >= 0.6 is 46.3 Å². The van der Waals surface area contributed by atoms with Crippen molar-refractivity contribution in [3.8, 4) is 0 Å². The van der Waals surface area contributed by atoms with Crippen molar-refractivity contribution < 1.29 is 24.3 Å². The van der Waals surface area contributed by atoms with Gasteiger partial charge in [-0.3, -0.25) is 14.5 Å². The number of nitrogens with zero attached hydrogens (tertiary/aromatic N) is 3. The molecule has 45 heavy (non-hydrogen) atoms. The molecule has 0 spiro atoms. The lowest BCUT2D eigenvalue weighted by atomic mass is 9.80. The second-order valence-corrected chi connectivity index (χ2v) is 13.1. The smallest absolute Gasteiger partial charge is 0.353 e. The van der Waals surface area contributed by atoms with Crippen molar-refractivity contribution in [3.05, 3.63) is 128 Å². The second-order valence-electron chi connectivity index (χ2n) is 9.90. The second kappa shape index (κ2) is 12.6. The number of halogens is 2. The van der Waals surface area contributed by atoms with Gasteiger partial charge in [0.2, 0.25) is 5.60 Å². The van der Waals surface area contributed by atoms with Crippen molar-refractivity contribution >= 4 is 74.9 Å². The molecule has 1 aromatic heterocycles. The Morgan fingerprint density at radius 2 is 1.51 bits per heavy atom. The third-order valence-corrected chi connectivity index (χ3v) is 10.1. The third kappa shape index (κ3) is 5.54. The number of fused-ring (bicyclic) bond motifs is 1. The van der Waals surface area contributed by atoms with E-state index in [9.17, 15) is 19.5 Å². The summed E-state index contributed by atoms with van der Waals surface area (Å²) >= 11 is 14.8. The summed E-state index contributed by atoms with van der Waals surface area (Å²) in [6.45, 7) is 0. The van der Waals surface area contributed by atoms with Gasteiger partial charge in [0.15, 0.2) is 10.8 Å². The lowest BCUT2D eigenvalue weighted by molar-refractivity contribution is -0.150. The topological polar surface area (TPSA) is 147 Å². The number of amides is 2. The largest absolute Gasteiger partial charge is 0.477 e. The van der Waals surface area contributed by atoms with Crippen molar-refractivity contribution in [2.75, 3.05) is 11.5 Å². The molecule has 228 valence electrons. The van der Waals surface area contributed by atoms with E-state index in [1.54, 1.807) is 0 Å². The molecular formula is C31H23Cl2N5O5S2. The number of carbonyl (C=O) groups excluding carboxylic acids is 2. The Hall–Kier alpha value is -4.36. The molecule has 3 heterocycles. The Morgan fingerprint density at radius 1 is 0.978 bits per heavy atom. The highest BCUT2D eigenvalue weighted by Gasteiger charge is 2.54. The van der Waals surface area contributed by atoms with E-state index >= 15 is 0 Å². The van der Waals surface area contributed by atoms with Crippen LogP contribution in [0.1, 0.15) is 22.4 Å². The van der Waals surface area contributed by atoms with E-state index < -0.39 is 34.8 Å². The molecule has 6 rings (SSSR count). The van der Waals surface area contributed by atoms with Crippen LogP contribution in [0.2, 0.25) is 4.34 Å². The summed E-state index contributed by atoms with van der Waals surface area (Å²) in [5.74, 6) is -2.62. The molecule has 10 nitrogen and oxygen atoms in total. The molecular weight excluding hydrogens is 657 g/mol. The number of thiazole rings is 1.